The molecule has 136 valence electrons. The van der Waals surface area contributed by atoms with Crippen LogP contribution >= 0.6 is 0 Å². The Balaban J connectivity index is 1.91. The van der Waals surface area contributed by atoms with Crippen molar-refractivity contribution >= 4 is 16.8 Å². The van der Waals surface area contributed by atoms with Gasteiger partial charge in [-0.05, 0) is 48.1 Å². The third-order valence-electron chi connectivity index (χ3n) is 4.30. The summed E-state index contributed by atoms with van der Waals surface area (Å²) in [5.74, 6) is 0.967. The van der Waals surface area contributed by atoms with Crippen LogP contribution in [0.3, 0.4) is 0 Å². The summed E-state index contributed by atoms with van der Waals surface area (Å²) >= 11 is 0. The van der Waals surface area contributed by atoms with Crippen LogP contribution in [0.5, 0.6) is 0 Å². The third-order valence-corrected chi connectivity index (χ3v) is 4.30. The second-order valence-corrected chi connectivity index (χ2v) is 7.14. The number of fused-ring (bicyclic) bond motifs is 1. The molecule has 3 aromatic rings. The topological polar surface area (TPSA) is 66.3 Å². The Morgan fingerprint density at radius 1 is 1.19 bits per heavy atom. The number of furan rings is 1. The minimum absolute atomic E-state index is 0.0137. The first-order valence-electron chi connectivity index (χ1n) is 8.85. The van der Waals surface area contributed by atoms with Crippen molar-refractivity contribution in [3.05, 3.63) is 69.9 Å². The average molecular weight is 352 g/mol. The fourth-order valence-electron chi connectivity index (χ4n) is 2.98. The number of H-pyrrole nitrogens is 1. The number of amides is 1. The Morgan fingerprint density at radius 3 is 2.69 bits per heavy atom. The number of aromatic nitrogens is 1. The molecule has 0 saturated heterocycles. The highest BCUT2D eigenvalue weighted by atomic mass is 16.3. The molecule has 3 rings (SSSR count). The number of benzene rings is 1. The second kappa shape index (κ2) is 7.60. The average Bonchev–Trinajstić information content (AvgIpc) is 3.07. The fourth-order valence-corrected chi connectivity index (χ4v) is 2.98. The third kappa shape index (κ3) is 4.23. The lowest BCUT2D eigenvalue weighted by Crippen LogP contribution is -2.33. The monoisotopic (exact) mass is 352 g/mol. The van der Waals surface area contributed by atoms with Crippen molar-refractivity contribution < 1.29 is 9.21 Å². The molecule has 0 fully saturated rings. The van der Waals surface area contributed by atoms with E-state index >= 15 is 0 Å². The number of rotatable bonds is 6. The van der Waals surface area contributed by atoms with Crippen LogP contribution in [0.25, 0.3) is 10.9 Å². The van der Waals surface area contributed by atoms with Crippen molar-refractivity contribution in [1.29, 1.82) is 0 Å². The lowest BCUT2D eigenvalue weighted by atomic mass is 10.1. The molecule has 0 radical (unpaired) electrons. The van der Waals surface area contributed by atoms with Gasteiger partial charge in [0.2, 0.25) is 5.91 Å². The molecule has 2 aromatic heterocycles. The van der Waals surface area contributed by atoms with Crippen molar-refractivity contribution in [2.45, 2.75) is 40.3 Å². The maximum absolute atomic E-state index is 12.7. The van der Waals surface area contributed by atoms with Gasteiger partial charge in [-0.25, -0.2) is 0 Å². The SMILES string of the molecule is Cc1ccc2cc(CN(Cc3ccco3)C(=O)CC(C)C)c(=O)[nH]c2c1. The minimum atomic E-state index is -0.162. The molecule has 0 spiro atoms. The summed E-state index contributed by atoms with van der Waals surface area (Å²) in [6.07, 6.45) is 2.02. The Labute approximate surface area is 152 Å². The molecule has 0 saturated carbocycles. The van der Waals surface area contributed by atoms with Crippen molar-refractivity contribution in [2.24, 2.45) is 5.92 Å². The number of pyridine rings is 1. The molecule has 5 nitrogen and oxygen atoms in total. The van der Waals surface area contributed by atoms with Gasteiger partial charge in [-0.15, -0.1) is 0 Å². The van der Waals surface area contributed by atoms with E-state index < -0.39 is 0 Å². The van der Waals surface area contributed by atoms with E-state index in [1.54, 1.807) is 17.2 Å². The summed E-state index contributed by atoms with van der Waals surface area (Å²) < 4.78 is 5.39. The molecule has 0 atom stereocenters. The van der Waals surface area contributed by atoms with Crippen LogP contribution in [-0.4, -0.2) is 15.8 Å². The number of aromatic amines is 1. The Kier molecular flexibility index (Phi) is 5.26. The number of carbonyl (C=O) groups excluding carboxylic acids is 1. The highest BCUT2D eigenvalue weighted by Gasteiger charge is 2.18. The van der Waals surface area contributed by atoms with E-state index in [4.69, 9.17) is 4.42 Å². The molecule has 0 aliphatic heterocycles. The number of nitrogens with zero attached hydrogens (tertiary/aromatic N) is 1. The quantitative estimate of drug-likeness (QED) is 0.729. The van der Waals surface area contributed by atoms with Crippen molar-refractivity contribution in [3.63, 3.8) is 0 Å². The highest BCUT2D eigenvalue weighted by Crippen LogP contribution is 2.16. The molecule has 0 unspecified atom stereocenters. The number of aryl methyl sites for hydroxylation is 1. The normalized spacial score (nSPS) is 11.2. The van der Waals surface area contributed by atoms with Crippen LogP contribution in [0.2, 0.25) is 0 Å². The van der Waals surface area contributed by atoms with Crippen molar-refractivity contribution in [2.75, 3.05) is 0 Å². The molecular formula is C21H24N2O3. The number of hydrogen-bond acceptors (Lipinski definition) is 3. The highest BCUT2D eigenvalue weighted by molar-refractivity contribution is 5.80. The van der Waals surface area contributed by atoms with Gasteiger partial charge in [0.05, 0.1) is 19.4 Å². The molecule has 0 aliphatic carbocycles. The van der Waals surface area contributed by atoms with Gasteiger partial charge in [-0.3, -0.25) is 9.59 Å². The standard InChI is InChI=1S/C21H24N2O3/c1-14(2)9-20(24)23(13-18-5-4-8-26-18)12-17-11-16-7-6-15(3)10-19(16)22-21(17)25/h4-8,10-11,14H,9,12-13H2,1-3H3,(H,22,25). The fraction of sp³-hybridized carbons (Fsp3) is 0.333. The van der Waals surface area contributed by atoms with Gasteiger partial charge < -0.3 is 14.3 Å². The van der Waals surface area contributed by atoms with Crippen LogP contribution in [0.1, 0.15) is 37.2 Å². The van der Waals surface area contributed by atoms with Crippen LogP contribution in [0, 0.1) is 12.8 Å². The van der Waals surface area contributed by atoms with E-state index in [1.807, 2.05) is 51.1 Å². The summed E-state index contributed by atoms with van der Waals surface area (Å²) in [7, 11) is 0. The first kappa shape index (κ1) is 18.0. The molecule has 1 amide bonds. The van der Waals surface area contributed by atoms with Gasteiger partial charge >= 0.3 is 0 Å². The predicted molar refractivity (Wildman–Crippen MR) is 102 cm³/mol. The summed E-state index contributed by atoms with van der Waals surface area (Å²) in [4.78, 5) is 29.8. The molecule has 1 N–H and O–H groups in total. The molecule has 0 aliphatic rings. The van der Waals surface area contributed by atoms with Crippen LogP contribution < -0.4 is 5.56 Å². The largest absolute Gasteiger partial charge is 0.467 e. The Morgan fingerprint density at radius 2 is 2.00 bits per heavy atom. The van der Waals surface area contributed by atoms with Crippen LogP contribution in [0.15, 0.2) is 51.9 Å². The molecule has 26 heavy (non-hydrogen) atoms. The predicted octanol–water partition coefficient (Wildman–Crippen LogP) is 4.00. The van der Waals surface area contributed by atoms with Crippen molar-refractivity contribution in [1.82, 2.24) is 9.88 Å². The molecule has 5 heteroatoms. The molecule has 1 aromatic carbocycles. The number of carbonyl (C=O) groups is 1. The Hall–Kier alpha value is -2.82. The van der Waals surface area contributed by atoms with E-state index in [-0.39, 0.29) is 23.9 Å². The van der Waals surface area contributed by atoms with Crippen LogP contribution in [-0.2, 0) is 17.9 Å². The van der Waals surface area contributed by atoms with E-state index in [0.717, 1.165) is 16.5 Å². The first-order chi connectivity index (χ1) is 12.4. The zero-order valence-electron chi connectivity index (χ0n) is 15.4. The number of nitrogens with one attached hydrogen (secondary N) is 1. The zero-order chi connectivity index (χ0) is 18.7. The van der Waals surface area contributed by atoms with E-state index in [0.29, 0.717) is 24.3 Å². The van der Waals surface area contributed by atoms with Gasteiger partial charge in [-0.1, -0.05) is 26.0 Å². The smallest absolute Gasteiger partial charge is 0.253 e. The molecular weight excluding hydrogens is 328 g/mol. The van der Waals surface area contributed by atoms with Gasteiger partial charge in [0.25, 0.3) is 5.56 Å². The number of hydrogen-bond donors (Lipinski definition) is 1. The van der Waals surface area contributed by atoms with Gasteiger partial charge in [0, 0.05) is 17.5 Å². The van der Waals surface area contributed by atoms with E-state index in [2.05, 4.69) is 4.98 Å². The molecule has 2 heterocycles. The van der Waals surface area contributed by atoms with Gasteiger partial charge in [0.15, 0.2) is 0 Å². The van der Waals surface area contributed by atoms with Gasteiger partial charge in [-0.2, -0.15) is 0 Å². The molecule has 0 bridgehead atoms. The zero-order valence-corrected chi connectivity index (χ0v) is 15.4. The van der Waals surface area contributed by atoms with E-state index in [9.17, 15) is 9.59 Å². The van der Waals surface area contributed by atoms with Crippen LogP contribution in [0.4, 0.5) is 0 Å². The minimum Gasteiger partial charge on any atom is -0.467 e. The Bertz CT molecular complexity index is 955. The summed E-state index contributed by atoms with van der Waals surface area (Å²) in [5, 5.41) is 0.958. The van der Waals surface area contributed by atoms with Crippen molar-refractivity contribution in [3.8, 4) is 0 Å². The van der Waals surface area contributed by atoms with E-state index in [1.165, 1.54) is 0 Å². The lowest BCUT2D eigenvalue weighted by Gasteiger charge is -2.22. The maximum Gasteiger partial charge on any atom is 0.253 e. The van der Waals surface area contributed by atoms with Gasteiger partial charge in [0.1, 0.15) is 5.76 Å². The first-order valence-corrected chi connectivity index (χ1v) is 8.85. The summed E-state index contributed by atoms with van der Waals surface area (Å²) in [5.41, 5.74) is 2.31. The lowest BCUT2D eigenvalue weighted by molar-refractivity contribution is -0.133. The maximum atomic E-state index is 12.7. The second-order valence-electron chi connectivity index (χ2n) is 7.14. The summed E-state index contributed by atoms with van der Waals surface area (Å²) in [6, 6.07) is 11.4. The summed E-state index contributed by atoms with van der Waals surface area (Å²) in [6.45, 7) is 6.61.